The molecule has 1 aliphatic rings. The third-order valence-electron chi connectivity index (χ3n) is 13.7. The van der Waals surface area contributed by atoms with Crippen molar-refractivity contribution in [3.63, 3.8) is 0 Å². The third-order valence-corrected chi connectivity index (χ3v) is 14.7. The van der Waals surface area contributed by atoms with Crippen molar-refractivity contribution >= 4 is 28.9 Å². The Bertz CT molecular complexity index is 1090. The predicted octanol–water partition coefficient (Wildman–Crippen LogP) is 15.6. The van der Waals surface area contributed by atoms with E-state index in [1.165, 1.54) is 25.7 Å². The number of unbranched alkanes of at least 4 members (excludes halogenated alkanes) is 20. The van der Waals surface area contributed by atoms with E-state index >= 15 is 0 Å². The van der Waals surface area contributed by atoms with Crippen LogP contribution < -0.4 is 0 Å². The first-order chi connectivity index (χ1) is 34.3. The summed E-state index contributed by atoms with van der Waals surface area (Å²) in [5, 5.41) is 0.290. The van der Waals surface area contributed by atoms with Gasteiger partial charge in [-0.25, -0.2) is 0 Å². The van der Waals surface area contributed by atoms with Crippen molar-refractivity contribution in [1.82, 2.24) is 9.80 Å². The molecule has 0 aliphatic carbocycles. The molecule has 0 atom stereocenters. The molecule has 11 nitrogen and oxygen atoms in total. The average molecular weight is 1010 g/mol. The molecule has 12 heteroatoms. The van der Waals surface area contributed by atoms with Gasteiger partial charge in [0.15, 0.2) is 12.6 Å². The number of amides is 1. The summed E-state index contributed by atoms with van der Waals surface area (Å²) in [6.07, 6.45) is 35.1. The first-order valence-corrected chi connectivity index (χ1v) is 30.7. The lowest BCUT2D eigenvalue weighted by Gasteiger charge is -2.37. The van der Waals surface area contributed by atoms with Gasteiger partial charge in [-0.15, -0.1) is 0 Å². The molecule has 414 valence electrons. The quantitative estimate of drug-likeness (QED) is 0.0330. The molecule has 1 fully saturated rings. The van der Waals surface area contributed by atoms with E-state index in [9.17, 15) is 14.4 Å². The molecule has 1 aliphatic heterocycles. The van der Waals surface area contributed by atoms with Gasteiger partial charge in [-0.05, 0) is 96.7 Å². The van der Waals surface area contributed by atoms with E-state index in [-0.39, 0.29) is 35.8 Å². The Kier molecular flexibility index (Phi) is 47.3. The summed E-state index contributed by atoms with van der Waals surface area (Å²) in [5.41, 5.74) is 0. The van der Waals surface area contributed by atoms with Gasteiger partial charge in [-0.1, -0.05) is 175 Å². The highest BCUT2D eigenvalue weighted by molar-refractivity contribution is 8.13. The molecule has 1 amide bonds. The second kappa shape index (κ2) is 49.8. The monoisotopic (exact) mass is 1010 g/mol. The van der Waals surface area contributed by atoms with Gasteiger partial charge >= 0.3 is 11.9 Å². The van der Waals surface area contributed by atoms with Crippen molar-refractivity contribution < 1.29 is 42.8 Å². The third kappa shape index (κ3) is 40.0. The van der Waals surface area contributed by atoms with Crippen molar-refractivity contribution in [2.45, 2.75) is 278 Å². The van der Waals surface area contributed by atoms with Gasteiger partial charge in [0.2, 0.25) is 0 Å². The number of carbonyl (C=O) groups excluding carboxylic acids is 3. The zero-order chi connectivity index (χ0) is 51.0. The summed E-state index contributed by atoms with van der Waals surface area (Å²) in [6.45, 7) is 17.7. The Labute approximate surface area is 435 Å². The van der Waals surface area contributed by atoms with E-state index < -0.39 is 0 Å². The summed E-state index contributed by atoms with van der Waals surface area (Å²) in [4.78, 5) is 44.2. The summed E-state index contributed by atoms with van der Waals surface area (Å²) < 4.78 is 35.2. The summed E-state index contributed by atoms with van der Waals surface area (Å²) in [7, 11) is 2.21. The molecule has 0 saturated carbocycles. The number of nitrogens with zero attached hydrogens (tertiary/aromatic N) is 2. The second-order valence-electron chi connectivity index (χ2n) is 20.4. The van der Waals surface area contributed by atoms with Crippen LogP contribution in [0.4, 0.5) is 4.79 Å². The molecule has 0 N–H and O–H groups in total. The van der Waals surface area contributed by atoms with Crippen LogP contribution in [0.5, 0.6) is 0 Å². The number of thioether (sulfide) groups is 1. The van der Waals surface area contributed by atoms with Crippen LogP contribution >= 0.6 is 11.8 Å². The average Bonchev–Trinajstić information content (AvgIpc) is 3.36. The molecular formula is C58H112N2O9S. The van der Waals surface area contributed by atoms with Gasteiger partial charge in [0.1, 0.15) is 0 Å². The van der Waals surface area contributed by atoms with E-state index in [0.29, 0.717) is 71.2 Å². The lowest BCUT2D eigenvalue weighted by molar-refractivity contribution is -0.159. The molecule has 0 unspecified atom stereocenters. The van der Waals surface area contributed by atoms with Crippen LogP contribution in [-0.2, 0) is 38.0 Å². The number of hydrogen-bond donors (Lipinski definition) is 0. The molecule has 70 heavy (non-hydrogen) atoms. The lowest BCUT2D eigenvalue weighted by atomic mass is 9.94. The van der Waals surface area contributed by atoms with Gasteiger partial charge in [0.05, 0.1) is 26.1 Å². The van der Waals surface area contributed by atoms with Crippen molar-refractivity contribution in [2.24, 2.45) is 5.92 Å². The minimum absolute atomic E-state index is 0.166. The molecule has 1 heterocycles. The fraction of sp³-hybridized carbons (Fsp3) is 0.948. The highest BCUT2D eigenvalue weighted by Crippen LogP contribution is 2.27. The normalized spacial score (nSPS) is 13.6. The molecule has 1 saturated heterocycles. The summed E-state index contributed by atoms with van der Waals surface area (Å²) >= 11 is 1.57. The zero-order valence-corrected chi connectivity index (χ0v) is 47.4. The fourth-order valence-electron chi connectivity index (χ4n) is 9.01. The second-order valence-corrected chi connectivity index (χ2v) is 21.4. The van der Waals surface area contributed by atoms with Crippen molar-refractivity contribution in [3.8, 4) is 0 Å². The van der Waals surface area contributed by atoms with E-state index in [4.69, 9.17) is 28.4 Å². The van der Waals surface area contributed by atoms with Gasteiger partial charge in [-0.2, -0.15) is 0 Å². The maximum Gasteiger partial charge on any atom is 0.305 e. The largest absolute Gasteiger partial charge is 0.466 e. The van der Waals surface area contributed by atoms with Gasteiger partial charge < -0.3 is 38.2 Å². The van der Waals surface area contributed by atoms with Crippen LogP contribution in [-0.4, -0.2) is 118 Å². The first-order valence-electron chi connectivity index (χ1n) is 29.7. The van der Waals surface area contributed by atoms with Crippen LogP contribution in [0, 0.1) is 5.92 Å². The Morgan fingerprint density at radius 3 is 1.26 bits per heavy atom. The molecule has 1 rings (SSSR count). The molecule has 0 spiro atoms. The van der Waals surface area contributed by atoms with Crippen molar-refractivity contribution in [2.75, 3.05) is 72.1 Å². The predicted molar refractivity (Wildman–Crippen MR) is 293 cm³/mol. The minimum atomic E-state index is -0.339. The minimum Gasteiger partial charge on any atom is -0.466 e. The van der Waals surface area contributed by atoms with Crippen LogP contribution in [0.1, 0.15) is 259 Å². The fourth-order valence-corrected chi connectivity index (χ4v) is 9.92. The van der Waals surface area contributed by atoms with Gasteiger partial charge in [0, 0.05) is 57.6 Å². The van der Waals surface area contributed by atoms with E-state index in [0.717, 1.165) is 199 Å². The number of likely N-dealkylation sites (tertiary alicyclic amines) is 1. The molecular weight excluding hydrogens is 901 g/mol. The number of carbonyl (C=O) groups is 3. The Hall–Kier alpha value is -1.44. The van der Waals surface area contributed by atoms with E-state index in [1.807, 2.05) is 0 Å². The number of hydrogen-bond acceptors (Lipinski definition) is 11. The maximum absolute atomic E-state index is 14.2. The lowest BCUT2D eigenvalue weighted by Crippen LogP contribution is -2.44. The van der Waals surface area contributed by atoms with Crippen LogP contribution in [0.3, 0.4) is 0 Å². The summed E-state index contributed by atoms with van der Waals surface area (Å²) in [6, 6.07) is 0.256. The van der Waals surface area contributed by atoms with Gasteiger partial charge in [-0.3, -0.25) is 14.4 Å². The van der Waals surface area contributed by atoms with Crippen LogP contribution in [0.2, 0.25) is 0 Å². The molecule has 0 bridgehead atoms. The zero-order valence-electron chi connectivity index (χ0n) is 46.6. The van der Waals surface area contributed by atoms with E-state index in [1.54, 1.807) is 11.8 Å². The van der Waals surface area contributed by atoms with E-state index in [2.05, 4.69) is 51.5 Å². The highest BCUT2D eigenvalue weighted by atomic mass is 32.2. The van der Waals surface area contributed by atoms with Crippen LogP contribution in [0.25, 0.3) is 0 Å². The topological polar surface area (TPSA) is 113 Å². The standard InChI is InChI=1S/C58H112N2O9S/c1-7-12-17-24-33-50-70-58(63)60(51-52-40-42-59(6)43-41-52)53(34-25-20-18-22-31-44-64-54(61)36-38-56(66-46-27-13-8-2)67-47-28-14-9-3)35-26-21-19-23-32-45-65-55(62)37-39-57(68-48-29-15-10-4)69-49-30-16-11-5/h52-53,56-57H,7-51H2,1-6H3. The Morgan fingerprint density at radius 2 is 0.829 bits per heavy atom. The number of esters is 2. The van der Waals surface area contributed by atoms with Gasteiger partial charge in [0.25, 0.3) is 5.24 Å². The molecule has 0 radical (unpaired) electrons. The molecule has 0 aromatic carbocycles. The smallest absolute Gasteiger partial charge is 0.305 e. The summed E-state index contributed by atoms with van der Waals surface area (Å²) in [5.74, 6) is 1.14. The highest BCUT2D eigenvalue weighted by Gasteiger charge is 2.28. The number of ether oxygens (including phenoxy) is 6. The molecule has 0 aromatic rings. The Morgan fingerprint density at radius 1 is 0.471 bits per heavy atom. The number of rotatable bonds is 51. The maximum atomic E-state index is 14.2. The SMILES string of the molecule is CCCCCCCSC(=O)N(CC1CCN(C)CC1)C(CCCCCCCOC(=O)CCC(OCCCCC)OCCCCC)CCCCCCCOC(=O)CCC(OCCCCC)OCCCCC. The first kappa shape index (κ1) is 66.6. The molecule has 0 aromatic heterocycles. The van der Waals surface area contributed by atoms with Crippen molar-refractivity contribution in [1.29, 1.82) is 0 Å². The Balaban J connectivity index is 2.67. The van der Waals surface area contributed by atoms with Crippen LogP contribution in [0.15, 0.2) is 0 Å². The van der Waals surface area contributed by atoms with Crippen molar-refractivity contribution in [3.05, 3.63) is 0 Å². The number of piperidine rings is 1.